The summed E-state index contributed by atoms with van der Waals surface area (Å²) in [6.45, 7) is 1.75. The highest BCUT2D eigenvalue weighted by Gasteiger charge is 2.15. The van der Waals surface area contributed by atoms with Crippen LogP contribution < -0.4 is 4.74 Å². The van der Waals surface area contributed by atoms with Crippen molar-refractivity contribution < 1.29 is 19.1 Å². The first kappa shape index (κ1) is 18.8. The quantitative estimate of drug-likeness (QED) is 0.585. The molecule has 3 rings (SSSR count). The number of amides is 1. The van der Waals surface area contributed by atoms with Crippen molar-refractivity contribution in [1.82, 2.24) is 9.88 Å². The topological polar surface area (TPSA) is 68.7 Å². The molecule has 0 spiro atoms. The molecule has 140 valence electrons. The van der Waals surface area contributed by atoms with Crippen LogP contribution in [0.3, 0.4) is 0 Å². The van der Waals surface area contributed by atoms with Gasteiger partial charge in [0.25, 0.3) is 5.91 Å². The Labute approximate surface area is 161 Å². The molecule has 0 unspecified atom stereocenters. The first-order chi connectivity index (χ1) is 13.0. The van der Waals surface area contributed by atoms with Crippen molar-refractivity contribution in [2.45, 2.75) is 13.5 Å². The van der Waals surface area contributed by atoms with E-state index in [1.807, 2.05) is 49.4 Å². The third-order valence-electron chi connectivity index (χ3n) is 3.84. The van der Waals surface area contributed by atoms with E-state index in [-0.39, 0.29) is 19.1 Å². The van der Waals surface area contributed by atoms with E-state index in [1.165, 1.54) is 4.90 Å². The highest BCUT2D eigenvalue weighted by atomic mass is 32.1. The third-order valence-corrected chi connectivity index (χ3v) is 4.86. The molecule has 7 heteroatoms. The summed E-state index contributed by atoms with van der Waals surface area (Å²) in [7, 11) is 1.66. The summed E-state index contributed by atoms with van der Waals surface area (Å²) in [5, 5.41) is 0.834. The smallest absolute Gasteiger partial charge is 0.344 e. The van der Waals surface area contributed by atoms with E-state index in [9.17, 15) is 9.59 Å². The molecule has 0 aliphatic rings. The lowest BCUT2D eigenvalue weighted by Gasteiger charge is -2.15. The number of esters is 1. The van der Waals surface area contributed by atoms with Gasteiger partial charge in [-0.3, -0.25) is 4.79 Å². The molecular formula is C20H20N2O4S. The Balaban J connectivity index is 1.44. The molecule has 0 radical (unpaired) electrons. The van der Waals surface area contributed by atoms with Gasteiger partial charge in [0.2, 0.25) is 0 Å². The normalized spacial score (nSPS) is 10.6. The molecular weight excluding hydrogens is 364 g/mol. The van der Waals surface area contributed by atoms with Crippen molar-refractivity contribution in [1.29, 1.82) is 0 Å². The van der Waals surface area contributed by atoms with E-state index in [0.29, 0.717) is 12.3 Å². The Hall–Kier alpha value is -2.93. The van der Waals surface area contributed by atoms with E-state index in [4.69, 9.17) is 9.47 Å². The number of aryl methyl sites for hydroxylation is 1. The van der Waals surface area contributed by atoms with Crippen molar-refractivity contribution >= 4 is 33.4 Å². The lowest BCUT2D eigenvalue weighted by molar-refractivity contribution is -0.153. The lowest BCUT2D eigenvalue weighted by Crippen LogP contribution is -2.31. The number of carbonyl (C=O) groups is 2. The maximum atomic E-state index is 12.2. The van der Waals surface area contributed by atoms with Crippen LogP contribution in [0.5, 0.6) is 5.75 Å². The number of nitrogens with zero attached hydrogens (tertiary/aromatic N) is 2. The van der Waals surface area contributed by atoms with E-state index < -0.39 is 5.97 Å². The first-order valence-electron chi connectivity index (χ1n) is 8.45. The van der Waals surface area contributed by atoms with Crippen LogP contribution in [0.4, 0.5) is 0 Å². The van der Waals surface area contributed by atoms with Crippen LogP contribution in [-0.2, 0) is 20.9 Å². The van der Waals surface area contributed by atoms with Gasteiger partial charge in [-0.15, -0.1) is 11.3 Å². The number of fused-ring (bicyclic) bond motifs is 1. The minimum absolute atomic E-state index is 0.238. The Bertz CT molecular complexity index is 921. The summed E-state index contributed by atoms with van der Waals surface area (Å²) in [6.07, 6.45) is 0. The van der Waals surface area contributed by atoms with E-state index >= 15 is 0 Å². The van der Waals surface area contributed by atoms with Crippen LogP contribution in [0.25, 0.3) is 10.2 Å². The molecule has 27 heavy (non-hydrogen) atoms. The maximum absolute atomic E-state index is 12.2. The van der Waals surface area contributed by atoms with E-state index in [1.54, 1.807) is 24.5 Å². The minimum atomic E-state index is -0.585. The molecule has 0 bridgehead atoms. The number of ether oxygens (including phenoxy) is 2. The molecule has 0 aliphatic heterocycles. The van der Waals surface area contributed by atoms with Gasteiger partial charge in [0.15, 0.2) is 13.2 Å². The Morgan fingerprint density at radius 1 is 1.11 bits per heavy atom. The van der Waals surface area contributed by atoms with E-state index in [2.05, 4.69) is 4.98 Å². The Morgan fingerprint density at radius 3 is 2.70 bits per heavy atom. The summed E-state index contributed by atoms with van der Waals surface area (Å²) in [4.78, 5) is 29.9. The zero-order valence-electron chi connectivity index (χ0n) is 15.2. The van der Waals surface area contributed by atoms with Gasteiger partial charge in [0, 0.05) is 7.05 Å². The number of thiazole rings is 1. The highest BCUT2D eigenvalue weighted by molar-refractivity contribution is 7.18. The summed E-state index contributed by atoms with van der Waals surface area (Å²) in [5.41, 5.74) is 1.95. The molecule has 0 atom stereocenters. The number of rotatable bonds is 7. The predicted molar refractivity (Wildman–Crippen MR) is 104 cm³/mol. The largest absolute Gasteiger partial charge is 0.482 e. The minimum Gasteiger partial charge on any atom is -0.482 e. The van der Waals surface area contributed by atoms with E-state index in [0.717, 1.165) is 20.8 Å². The molecule has 6 nitrogen and oxygen atoms in total. The predicted octanol–water partition coefficient (Wildman–Crippen LogP) is 3.19. The average Bonchev–Trinajstić information content (AvgIpc) is 3.06. The summed E-state index contributed by atoms with van der Waals surface area (Å²) in [6, 6.07) is 15.2. The van der Waals surface area contributed by atoms with Gasteiger partial charge in [-0.1, -0.05) is 24.3 Å². The van der Waals surface area contributed by atoms with Gasteiger partial charge >= 0.3 is 5.97 Å². The molecule has 0 saturated heterocycles. The summed E-state index contributed by atoms with van der Waals surface area (Å²) < 4.78 is 11.4. The fraction of sp³-hybridized carbons (Fsp3) is 0.250. The van der Waals surface area contributed by atoms with Crippen molar-refractivity contribution in [3.05, 3.63) is 59.1 Å². The second-order valence-corrected chi connectivity index (χ2v) is 7.21. The van der Waals surface area contributed by atoms with Crippen molar-refractivity contribution in [2.24, 2.45) is 0 Å². The van der Waals surface area contributed by atoms with Crippen LogP contribution in [0.1, 0.15) is 10.6 Å². The number of carbonyl (C=O) groups excluding carboxylic acids is 2. The van der Waals surface area contributed by atoms with Crippen LogP contribution in [-0.4, -0.2) is 42.0 Å². The van der Waals surface area contributed by atoms with Crippen LogP contribution in [0, 0.1) is 6.92 Å². The van der Waals surface area contributed by atoms with Crippen LogP contribution in [0.2, 0.25) is 0 Å². The second-order valence-electron chi connectivity index (χ2n) is 6.09. The molecule has 0 N–H and O–H groups in total. The highest BCUT2D eigenvalue weighted by Crippen LogP contribution is 2.22. The second kappa shape index (κ2) is 8.64. The zero-order valence-corrected chi connectivity index (χ0v) is 16.0. The van der Waals surface area contributed by atoms with Gasteiger partial charge < -0.3 is 14.4 Å². The van der Waals surface area contributed by atoms with Gasteiger partial charge in [-0.05, 0) is 36.8 Å². The van der Waals surface area contributed by atoms with Gasteiger partial charge in [-0.25, -0.2) is 9.78 Å². The molecule has 2 aromatic carbocycles. The first-order valence-corrected chi connectivity index (χ1v) is 9.26. The standard InChI is InChI=1S/C20H20N2O4S/c1-14-6-5-7-15(10-14)25-13-20(24)26-12-19(23)22(2)11-18-21-16-8-3-4-9-17(16)27-18/h3-10H,11-13H2,1-2H3. The number of benzene rings is 2. The lowest BCUT2D eigenvalue weighted by atomic mass is 10.2. The van der Waals surface area contributed by atoms with Crippen molar-refractivity contribution in [3.63, 3.8) is 0 Å². The average molecular weight is 384 g/mol. The zero-order chi connectivity index (χ0) is 19.2. The van der Waals surface area contributed by atoms with Crippen LogP contribution in [0.15, 0.2) is 48.5 Å². The molecule has 1 aromatic heterocycles. The summed E-state index contributed by atoms with van der Waals surface area (Å²) in [5.74, 6) is -0.289. The molecule has 0 fully saturated rings. The third kappa shape index (κ3) is 5.27. The molecule has 3 aromatic rings. The number of para-hydroxylation sites is 1. The molecule has 1 heterocycles. The molecule has 0 saturated carbocycles. The summed E-state index contributed by atoms with van der Waals surface area (Å²) >= 11 is 1.54. The number of aromatic nitrogens is 1. The molecule has 1 amide bonds. The Morgan fingerprint density at radius 2 is 1.93 bits per heavy atom. The van der Waals surface area contributed by atoms with Gasteiger partial charge in [0.05, 0.1) is 16.8 Å². The van der Waals surface area contributed by atoms with Crippen LogP contribution >= 0.6 is 11.3 Å². The number of hydrogen-bond acceptors (Lipinski definition) is 6. The SMILES string of the molecule is Cc1cccc(OCC(=O)OCC(=O)N(C)Cc2nc3ccccc3s2)c1. The van der Waals surface area contributed by atoms with Crippen molar-refractivity contribution in [3.8, 4) is 5.75 Å². The number of likely N-dealkylation sites (N-methyl/N-ethyl adjacent to an activating group) is 1. The fourth-order valence-corrected chi connectivity index (χ4v) is 3.44. The monoisotopic (exact) mass is 384 g/mol. The van der Waals surface area contributed by atoms with Gasteiger partial charge in [0.1, 0.15) is 10.8 Å². The maximum Gasteiger partial charge on any atom is 0.344 e. The van der Waals surface area contributed by atoms with Gasteiger partial charge in [-0.2, -0.15) is 0 Å². The fourth-order valence-electron chi connectivity index (χ4n) is 2.42. The number of hydrogen-bond donors (Lipinski definition) is 0. The Kier molecular flexibility index (Phi) is 6.03. The molecule has 0 aliphatic carbocycles. The van der Waals surface area contributed by atoms with Crippen molar-refractivity contribution in [2.75, 3.05) is 20.3 Å².